The third-order valence-electron chi connectivity index (χ3n) is 4.36. The van der Waals surface area contributed by atoms with Crippen LogP contribution in [0.5, 0.6) is 0 Å². The Morgan fingerprint density at radius 1 is 1.00 bits per heavy atom. The van der Waals surface area contributed by atoms with Gasteiger partial charge in [0.05, 0.1) is 0 Å². The Bertz CT molecular complexity index is 301. The monoisotopic (exact) mass is 439 g/mol. The molecule has 0 saturated carbocycles. The molecule has 2 N–H and O–H groups in total. The first-order chi connectivity index (χ1) is 10.7. The van der Waals surface area contributed by atoms with Crippen LogP contribution in [0.25, 0.3) is 0 Å². The average molecular weight is 439 g/mol. The first kappa shape index (κ1) is 22.9. The van der Waals surface area contributed by atoms with Crippen LogP contribution in [-0.4, -0.2) is 75.2 Å². The standard InChI is InChI=1S/C17H37N5.HI/c1-5-21-12-14-22(15-13-21)11-10-20-17(18-4)19-9-7-6-8-16(2)3;/h16H,5-15H2,1-4H3,(H2,18,19,20);1H. The number of aliphatic imine (C=N–C) groups is 1. The number of halogens is 1. The lowest BCUT2D eigenvalue weighted by atomic mass is 10.1. The minimum absolute atomic E-state index is 0. The molecule has 0 radical (unpaired) electrons. The normalized spacial score (nSPS) is 17.2. The molecule has 1 fully saturated rings. The van der Waals surface area contributed by atoms with E-state index in [9.17, 15) is 0 Å². The fourth-order valence-corrected chi connectivity index (χ4v) is 2.77. The summed E-state index contributed by atoms with van der Waals surface area (Å²) in [5, 5.41) is 6.83. The summed E-state index contributed by atoms with van der Waals surface area (Å²) >= 11 is 0. The summed E-state index contributed by atoms with van der Waals surface area (Å²) in [5.74, 6) is 1.75. The number of piperazine rings is 1. The van der Waals surface area contributed by atoms with Gasteiger partial charge in [-0.15, -0.1) is 24.0 Å². The molecular weight excluding hydrogens is 401 g/mol. The molecule has 0 amide bonds. The van der Waals surface area contributed by atoms with E-state index in [1.165, 1.54) is 52.0 Å². The lowest BCUT2D eigenvalue weighted by Crippen LogP contribution is -2.49. The van der Waals surface area contributed by atoms with Crippen LogP contribution in [0.2, 0.25) is 0 Å². The van der Waals surface area contributed by atoms with Crippen molar-refractivity contribution in [2.24, 2.45) is 10.9 Å². The van der Waals surface area contributed by atoms with Gasteiger partial charge in [-0.05, 0) is 18.9 Å². The van der Waals surface area contributed by atoms with E-state index in [1.807, 2.05) is 7.05 Å². The van der Waals surface area contributed by atoms with Gasteiger partial charge in [0.25, 0.3) is 0 Å². The van der Waals surface area contributed by atoms with Gasteiger partial charge in [-0.2, -0.15) is 0 Å². The van der Waals surface area contributed by atoms with Crippen molar-refractivity contribution in [3.8, 4) is 0 Å². The van der Waals surface area contributed by atoms with E-state index >= 15 is 0 Å². The lowest BCUT2D eigenvalue weighted by molar-refractivity contribution is 0.139. The number of unbranched alkanes of at least 4 members (excludes halogenated alkanes) is 1. The van der Waals surface area contributed by atoms with Gasteiger partial charge in [0.2, 0.25) is 0 Å². The van der Waals surface area contributed by atoms with Gasteiger partial charge in [0.1, 0.15) is 0 Å². The molecule has 0 unspecified atom stereocenters. The summed E-state index contributed by atoms with van der Waals surface area (Å²) in [6.45, 7) is 15.9. The van der Waals surface area contributed by atoms with Crippen molar-refractivity contribution in [3.05, 3.63) is 0 Å². The average Bonchev–Trinajstić information content (AvgIpc) is 2.53. The zero-order valence-corrected chi connectivity index (χ0v) is 17.9. The number of likely N-dealkylation sites (N-methyl/N-ethyl adjacent to an activating group) is 1. The minimum atomic E-state index is 0. The molecular formula is C17H38IN5. The Balaban J connectivity index is 0.00000484. The van der Waals surface area contributed by atoms with Gasteiger partial charge < -0.3 is 15.5 Å². The van der Waals surface area contributed by atoms with E-state index in [1.54, 1.807) is 0 Å². The molecule has 6 heteroatoms. The molecule has 1 aliphatic rings. The van der Waals surface area contributed by atoms with Gasteiger partial charge in [-0.25, -0.2) is 0 Å². The van der Waals surface area contributed by atoms with Crippen LogP contribution in [0.4, 0.5) is 0 Å². The number of nitrogens with one attached hydrogen (secondary N) is 2. The first-order valence-corrected chi connectivity index (χ1v) is 9.05. The van der Waals surface area contributed by atoms with Crippen LogP contribution in [-0.2, 0) is 0 Å². The van der Waals surface area contributed by atoms with Gasteiger partial charge in [0, 0.05) is 52.9 Å². The van der Waals surface area contributed by atoms with Crippen molar-refractivity contribution in [3.63, 3.8) is 0 Å². The number of rotatable bonds is 9. The van der Waals surface area contributed by atoms with Crippen LogP contribution in [0.3, 0.4) is 0 Å². The van der Waals surface area contributed by atoms with Crippen LogP contribution < -0.4 is 10.6 Å². The zero-order chi connectivity index (χ0) is 16.2. The summed E-state index contributed by atoms with van der Waals surface area (Å²) in [6.07, 6.45) is 3.83. The summed E-state index contributed by atoms with van der Waals surface area (Å²) in [5.41, 5.74) is 0. The third-order valence-corrected chi connectivity index (χ3v) is 4.36. The molecule has 1 heterocycles. The Kier molecular flexibility index (Phi) is 14.2. The van der Waals surface area contributed by atoms with E-state index in [2.05, 4.69) is 46.2 Å². The molecule has 23 heavy (non-hydrogen) atoms. The second kappa shape index (κ2) is 14.3. The van der Waals surface area contributed by atoms with Crippen molar-refractivity contribution >= 4 is 29.9 Å². The van der Waals surface area contributed by atoms with Gasteiger partial charge in [-0.3, -0.25) is 9.89 Å². The van der Waals surface area contributed by atoms with E-state index in [-0.39, 0.29) is 24.0 Å². The topological polar surface area (TPSA) is 42.9 Å². The minimum Gasteiger partial charge on any atom is -0.356 e. The first-order valence-electron chi connectivity index (χ1n) is 9.05. The highest BCUT2D eigenvalue weighted by Crippen LogP contribution is 2.05. The van der Waals surface area contributed by atoms with E-state index in [0.29, 0.717) is 0 Å². The highest BCUT2D eigenvalue weighted by atomic mass is 127. The largest absolute Gasteiger partial charge is 0.356 e. The highest BCUT2D eigenvalue weighted by molar-refractivity contribution is 14.0. The molecule has 0 atom stereocenters. The van der Waals surface area contributed by atoms with Gasteiger partial charge in [-0.1, -0.05) is 33.6 Å². The zero-order valence-electron chi connectivity index (χ0n) is 15.6. The van der Waals surface area contributed by atoms with Crippen molar-refractivity contribution < 1.29 is 0 Å². The van der Waals surface area contributed by atoms with Gasteiger partial charge >= 0.3 is 0 Å². The maximum Gasteiger partial charge on any atom is 0.191 e. The molecule has 0 aliphatic carbocycles. The fourth-order valence-electron chi connectivity index (χ4n) is 2.77. The summed E-state index contributed by atoms with van der Waals surface area (Å²) in [4.78, 5) is 9.35. The molecule has 0 aromatic heterocycles. The second-order valence-electron chi connectivity index (χ2n) is 6.59. The van der Waals surface area contributed by atoms with Gasteiger partial charge in [0.15, 0.2) is 5.96 Å². The quantitative estimate of drug-likeness (QED) is 0.250. The Labute approximate surface area is 160 Å². The number of hydrogen-bond donors (Lipinski definition) is 2. The molecule has 0 aromatic carbocycles. The molecule has 1 rings (SSSR count). The molecule has 5 nitrogen and oxygen atoms in total. The maximum absolute atomic E-state index is 4.30. The third kappa shape index (κ3) is 11.2. The molecule has 1 aliphatic heterocycles. The van der Waals surface area contributed by atoms with E-state index in [4.69, 9.17) is 0 Å². The molecule has 0 aromatic rings. The molecule has 0 spiro atoms. The van der Waals surface area contributed by atoms with Crippen LogP contribution in [0.15, 0.2) is 4.99 Å². The Morgan fingerprint density at radius 3 is 2.17 bits per heavy atom. The van der Waals surface area contributed by atoms with Crippen LogP contribution in [0, 0.1) is 5.92 Å². The number of hydrogen-bond acceptors (Lipinski definition) is 3. The molecule has 0 bridgehead atoms. The summed E-state index contributed by atoms with van der Waals surface area (Å²) in [7, 11) is 1.85. The maximum atomic E-state index is 4.30. The highest BCUT2D eigenvalue weighted by Gasteiger charge is 2.14. The Hall–Kier alpha value is -0.0800. The van der Waals surface area contributed by atoms with Crippen molar-refractivity contribution in [2.75, 3.05) is 59.4 Å². The molecule has 138 valence electrons. The number of guanidine groups is 1. The van der Waals surface area contributed by atoms with Crippen molar-refractivity contribution in [1.29, 1.82) is 0 Å². The van der Waals surface area contributed by atoms with E-state index < -0.39 is 0 Å². The van der Waals surface area contributed by atoms with Crippen molar-refractivity contribution in [1.82, 2.24) is 20.4 Å². The van der Waals surface area contributed by atoms with Crippen molar-refractivity contribution in [2.45, 2.75) is 40.0 Å². The lowest BCUT2D eigenvalue weighted by Gasteiger charge is -2.34. The predicted octanol–water partition coefficient (Wildman–Crippen LogP) is 2.23. The predicted molar refractivity (Wildman–Crippen MR) is 112 cm³/mol. The van der Waals surface area contributed by atoms with E-state index in [0.717, 1.165) is 31.5 Å². The molecule has 1 saturated heterocycles. The van der Waals surface area contributed by atoms with Crippen LogP contribution >= 0.6 is 24.0 Å². The Morgan fingerprint density at radius 2 is 1.61 bits per heavy atom. The summed E-state index contributed by atoms with van der Waals surface area (Å²) in [6, 6.07) is 0. The SMILES string of the molecule is CCN1CCN(CCNC(=NC)NCCCCC(C)C)CC1.I. The summed E-state index contributed by atoms with van der Waals surface area (Å²) < 4.78 is 0. The second-order valence-corrected chi connectivity index (χ2v) is 6.59. The fraction of sp³-hybridized carbons (Fsp3) is 0.941. The smallest absolute Gasteiger partial charge is 0.191 e. The number of nitrogens with zero attached hydrogens (tertiary/aromatic N) is 3. The van der Waals surface area contributed by atoms with Crippen LogP contribution in [0.1, 0.15) is 40.0 Å².